The molecule has 2 nitrogen and oxygen atoms in total. The van der Waals surface area contributed by atoms with Gasteiger partial charge in [-0.25, -0.2) is 0 Å². The van der Waals surface area contributed by atoms with Crippen molar-refractivity contribution in [1.82, 2.24) is 0 Å². The van der Waals surface area contributed by atoms with Gasteiger partial charge in [0, 0.05) is 5.39 Å². The van der Waals surface area contributed by atoms with Crippen LogP contribution in [0.25, 0.3) is 10.8 Å². The van der Waals surface area contributed by atoms with Crippen LogP contribution in [0.1, 0.15) is 6.85 Å². The van der Waals surface area contributed by atoms with E-state index in [0.717, 1.165) is 5.39 Å². The minimum Gasteiger partial charge on any atom is -0.490 e. The monoisotopic (exact) mass is 205 g/mol. The molecule has 2 aromatic rings. The summed E-state index contributed by atoms with van der Waals surface area (Å²) in [6, 6.07) is 12.5. The van der Waals surface area contributed by atoms with Crippen molar-refractivity contribution in [2.24, 2.45) is 0 Å². The quantitative estimate of drug-likeness (QED) is 0.718. The Bertz CT molecular complexity index is 667. The maximum atomic E-state index is 7.80. The molecule has 1 unspecified atom stereocenters. The molecule has 0 radical (unpaired) electrons. The van der Waals surface area contributed by atoms with Gasteiger partial charge >= 0.3 is 0 Å². The summed E-state index contributed by atoms with van der Waals surface area (Å²) in [4.78, 5) is 0. The largest absolute Gasteiger partial charge is 0.490 e. The third-order valence-corrected chi connectivity index (χ3v) is 2.21. The summed E-state index contributed by atoms with van der Waals surface area (Å²) in [6.45, 7) is -4.94. The highest BCUT2D eigenvalue weighted by Gasteiger charge is 2.23. The fourth-order valence-electron chi connectivity index (χ4n) is 1.45. The van der Waals surface area contributed by atoms with Crippen LogP contribution in [0, 0.1) is 0 Å². The Morgan fingerprint density at radius 2 is 2.20 bits per heavy atom. The molecule has 0 saturated carbocycles. The highest BCUT2D eigenvalue weighted by atomic mass is 16.6. The first-order valence-electron chi connectivity index (χ1n) is 7.14. The summed E-state index contributed by atoms with van der Waals surface area (Å²) >= 11 is 0. The number of benzene rings is 2. The van der Waals surface area contributed by atoms with Crippen LogP contribution in [0.4, 0.5) is 0 Å². The molecule has 1 heterocycles. The van der Waals surface area contributed by atoms with Crippen LogP contribution in [0.3, 0.4) is 0 Å². The first-order chi connectivity index (χ1) is 9.27. The minimum absolute atomic E-state index is 0.256. The third kappa shape index (κ3) is 1.81. The standard InChI is InChI=1S/C13H12O2/c1-2-6-12-10(4-1)5-3-7-13(12)15-9-11-8-14-11/h1-7,11H,8-9H2/i8D2,9D2,11D. The number of ether oxygens (including phenoxy) is 2. The number of hydrogen-bond donors (Lipinski definition) is 0. The molecule has 3 rings (SSSR count). The smallest absolute Gasteiger partial charge is 0.127 e. The Balaban J connectivity index is 1.98. The van der Waals surface area contributed by atoms with Crippen LogP contribution in [0.5, 0.6) is 5.75 Å². The lowest BCUT2D eigenvalue weighted by molar-refractivity contribution is 0.265. The molecule has 0 N–H and O–H groups in total. The lowest BCUT2D eigenvalue weighted by atomic mass is 10.1. The van der Waals surface area contributed by atoms with Gasteiger partial charge < -0.3 is 9.47 Å². The Hall–Kier alpha value is -1.54. The number of epoxide rings is 1. The van der Waals surface area contributed by atoms with Crippen molar-refractivity contribution in [3.8, 4) is 5.75 Å². The summed E-state index contributed by atoms with van der Waals surface area (Å²) in [5.41, 5.74) is 0. The lowest BCUT2D eigenvalue weighted by Gasteiger charge is -2.07. The van der Waals surface area contributed by atoms with Gasteiger partial charge in [-0.1, -0.05) is 36.4 Å². The fraction of sp³-hybridized carbons (Fsp3) is 0.231. The van der Waals surface area contributed by atoms with E-state index in [1.54, 1.807) is 24.3 Å². The fourth-order valence-corrected chi connectivity index (χ4v) is 1.45. The summed E-state index contributed by atoms with van der Waals surface area (Å²) in [7, 11) is 0. The van der Waals surface area contributed by atoms with Gasteiger partial charge in [0.05, 0.1) is 13.4 Å². The normalized spacial score (nSPS) is 33.2. The van der Waals surface area contributed by atoms with Gasteiger partial charge in [-0.05, 0) is 11.5 Å². The first-order valence-corrected chi connectivity index (χ1v) is 4.64. The van der Waals surface area contributed by atoms with E-state index in [-0.39, 0.29) is 5.75 Å². The zero-order valence-electron chi connectivity index (χ0n) is 12.9. The molecule has 1 saturated heterocycles. The number of rotatable bonds is 3. The van der Waals surface area contributed by atoms with E-state index < -0.39 is 19.2 Å². The van der Waals surface area contributed by atoms with Crippen LogP contribution in [0.15, 0.2) is 42.5 Å². The Morgan fingerprint density at radius 1 is 1.40 bits per heavy atom. The van der Waals surface area contributed by atoms with E-state index in [9.17, 15) is 0 Å². The zero-order chi connectivity index (χ0) is 14.6. The van der Waals surface area contributed by atoms with Crippen molar-refractivity contribution < 1.29 is 16.3 Å². The van der Waals surface area contributed by atoms with Crippen molar-refractivity contribution in [3.05, 3.63) is 42.5 Å². The first kappa shape index (κ1) is 4.99. The van der Waals surface area contributed by atoms with Gasteiger partial charge in [0.25, 0.3) is 0 Å². The van der Waals surface area contributed by atoms with E-state index >= 15 is 0 Å². The SMILES string of the molecule is [2H]C([2H])(Oc1cccc2ccccc12)C1([2H])OC1([2H])[2H]. The molecule has 0 amide bonds. The van der Waals surface area contributed by atoms with E-state index in [1.165, 1.54) is 0 Å². The Morgan fingerprint density at radius 3 is 3.07 bits per heavy atom. The van der Waals surface area contributed by atoms with Gasteiger partial charge in [0.15, 0.2) is 0 Å². The summed E-state index contributed by atoms with van der Waals surface area (Å²) in [5.74, 6) is 0.256. The molecule has 0 bridgehead atoms. The van der Waals surface area contributed by atoms with Crippen LogP contribution >= 0.6 is 0 Å². The second kappa shape index (κ2) is 3.55. The molecule has 0 spiro atoms. The van der Waals surface area contributed by atoms with Crippen molar-refractivity contribution >= 4 is 10.8 Å². The topological polar surface area (TPSA) is 21.8 Å². The molecule has 0 aromatic heterocycles. The van der Waals surface area contributed by atoms with Crippen molar-refractivity contribution in [2.75, 3.05) is 13.1 Å². The highest BCUT2D eigenvalue weighted by molar-refractivity contribution is 5.88. The van der Waals surface area contributed by atoms with Crippen LogP contribution in [0.2, 0.25) is 0 Å². The van der Waals surface area contributed by atoms with Gasteiger partial charge in [-0.2, -0.15) is 0 Å². The maximum absolute atomic E-state index is 7.80. The molecule has 1 aliphatic rings. The molecule has 2 heteroatoms. The van der Waals surface area contributed by atoms with E-state index in [0.29, 0.717) is 5.39 Å². The van der Waals surface area contributed by atoms with Crippen LogP contribution in [-0.2, 0) is 4.74 Å². The van der Waals surface area contributed by atoms with Crippen LogP contribution in [-0.4, -0.2) is 19.2 Å². The maximum Gasteiger partial charge on any atom is 0.127 e. The second-order valence-corrected chi connectivity index (χ2v) is 3.21. The summed E-state index contributed by atoms with van der Waals surface area (Å²) < 4.78 is 47.8. The molecule has 1 fully saturated rings. The summed E-state index contributed by atoms with van der Waals surface area (Å²) in [5, 5.41) is 1.57. The molecule has 1 aliphatic heterocycles. The van der Waals surface area contributed by atoms with Gasteiger partial charge in [-0.15, -0.1) is 0 Å². The minimum atomic E-state index is -2.60. The van der Waals surface area contributed by atoms with E-state index in [4.69, 9.17) is 11.6 Å². The zero-order valence-corrected chi connectivity index (χ0v) is 7.86. The average molecular weight is 205 g/mol. The Labute approximate surface area is 95.5 Å². The van der Waals surface area contributed by atoms with Crippen molar-refractivity contribution in [2.45, 2.75) is 6.08 Å². The van der Waals surface area contributed by atoms with Gasteiger partial charge in [-0.3, -0.25) is 0 Å². The molecular formula is C13H12O2. The average Bonchev–Trinajstić information content (AvgIpc) is 2.91. The molecule has 0 aliphatic carbocycles. The predicted octanol–water partition coefficient (Wildman–Crippen LogP) is 2.62. The predicted molar refractivity (Wildman–Crippen MR) is 59.2 cm³/mol. The van der Waals surface area contributed by atoms with Crippen LogP contribution < -0.4 is 4.74 Å². The van der Waals surface area contributed by atoms with Crippen molar-refractivity contribution in [1.29, 1.82) is 0 Å². The molecule has 2 aromatic carbocycles. The number of hydrogen-bond acceptors (Lipinski definition) is 2. The van der Waals surface area contributed by atoms with Crippen molar-refractivity contribution in [3.63, 3.8) is 0 Å². The number of fused-ring (bicyclic) bond motifs is 1. The Kier molecular flexibility index (Phi) is 1.18. The van der Waals surface area contributed by atoms with E-state index in [2.05, 4.69) is 4.74 Å². The third-order valence-electron chi connectivity index (χ3n) is 2.21. The second-order valence-electron chi connectivity index (χ2n) is 3.21. The van der Waals surface area contributed by atoms with Gasteiger partial charge in [0.2, 0.25) is 0 Å². The molecular weight excluding hydrogens is 188 g/mol. The lowest BCUT2D eigenvalue weighted by Crippen LogP contribution is -2.04. The molecule has 15 heavy (non-hydrogen) atoms. The van der Waals surface area contributed by atoms with Gasteiger partial charge in [0.1, 0.15) is 18.4 Å². The van der Waals surface area contributed by atoms with E-state index in [1.807, 2.05) is 18.2 Å². The molecule has 1 atom stereocenters. The summed E-state index contributed by atoms with van der Waals surface area (Å²) in [6.07, 6.45) is -2.35. The molecule has 76 valence electrons. The highest BCUT2D eigenvalue weighted by Crippen LogP contribution is 2.25.